The highest BCUT2D eigenvalue weighted by molar-refractivity contribution is 5.84. The van der Waals surface area contributed by atoms with Gasteiger partial charge >= 0.3 is 5.97 Å². The van der Waals surface area contributed by atoms with Crippen LogP contribution in [0.3, 0.4) is 0 Å². The minimum absolute atomic E-state index is 0.383. The van der Waals surface area contributed by atoms with Crippen molar-refractivity contribution in [2.45, 2.75) is 6.04 Å². The lowest BCUT2D eigenvalue weighted by Gasteiger charge is -2.10. The molecule has 0 saturated heterocycles. The zero-order chi connectivity index (χ0) is 13.5. The Morgan fingerprint density at radius 2 is 2.05 bits per heavy atom. The molecule has 96 valence electrons. The van der Waals surface area contributed by atoms with Gasteiger partial charge in [0, 0.05) is 24.2 Å². The third-order valence-corrected chi connectivity index (χ3v) is 2.60. The Kier molecular flexibility index (Phi) is 4.39. The molecule has 19 heavy (non-hydrogen) atoms. The van der Waals surface area contributed by atoms with E-state index in [1.54, 1.807) is 18.6 Å². The van der Waals surface area contributed by atoms with Crippen LogP contribution in [0.4, 0.5) is 0 Å². The van der Waals surface area contributed by atoms with Crippen molar-refractivity contribution in [2.24, 2.45) is 4.99 Å². The molecule has 0 saturated carbocycles. The molecule has 0 bridgehead atoms. The molecule has 0 amide bonds. The third kappa shape index (κ3) is 3.48. The van der Waals surface area contributed by atoms with E-state index in [0.717, 1.165) is 11.1 Å². The number of aromatic nitrogens is 1. The van der Waals surface area contributed by atoms with Crippen LogP contribution in [0.15, 0.2) is 59.9 Å². The second-order valence-electron chi connectivity index (χ2n) is 3.90. The van der Waals surface area contributed by atoms with Crippen LogP contribution in [0.5, 0.6) is 0 Å². The largest absolute Gasteiger partial charge is 0.467 e. The molecule has 4 nitrogen and oxygen atoms in total. The zero-order valence-electron chi connectivity index (χ0n) is 10.6. The van der Waals surface area contributed by atoms with E-state index in [9.17, 15) is 4.79 Å². The standard InChI is InChI=1S/C15H14N2O2/c1-19-15(18)14(13-7-3-2-4-8-13)17-11-12-6-5-9-16-10-12/h2-11,14H,1H3. The molecule has 1 heterocycles. The summed E-state index contributed by atoms with van der Waals surface area (Å²) in [6, 6.07) is 12.4. The SMILES string of the molecule is COC(=O)C(N=Cc1cccnc1)c1ccccc1. The highest BCUT2D eigenvalue weighted by Crippen LogP contribution is 2.18. The molecule has 1 aromatic heterocycles. The first kappa shape index (κ1) is 13.0. The maximum atomic E-state index is 11.8. The van der Waals surface area contributed by atoms with Gasteiger partial charge in [-0.3, -0.25) is 9.98 Å². The average molecular weight is 254 g/mol. The molecule has 0 aliphatic rings. The first-order valence-corrected chi connectivity index (χ1v) is 5.87. The van der Waals surface area contributed by atoms with Crippen molar-refractivity contribution in [3.63, 3.8) is 0 Å². The number of rotatable bonds is 4. The van der Waals surface area contributed by atoms with Gasteiger partial charge in [0.25, 0.3) is 0 Å². The molecule has 0 N–H and O–H groups in total. The number of esters is 1. The van der Waals surface area contributed by atoms with E-state index in [0.29, 0.717) is 0 Å². The minimum Gasteiger partial charge on any atom is -0.467 e. The van der Waals surface area contributed by atoms with Crippen LogP contribution >= 0.6 is 0 Å². The summed E-state index contributed by atoms with van der Waals surface area (Å²) < 4.78 is 4.79. The predicted octanol–water partition coefficient (Wildman–Crippen LogP) is 2.41. The Morgan fingerprint density at radius 1 is 1.26 bits per heavy atom. The number of benzene rings is 1. The van der Waals surface area contributed by atoms with Crippen molar-refractivity contribution in [2.75, 3.05) is 7.11 Å². The first-order valence-electron chi connectivity index (χ1n) is 5.87. The van der Waals surface area contributed by atoms with E-state index in [-0.39, 0.29) is 5.97 Å². The Morgan fingerprint density at radius 3 is 2.68 bits per heavy atom. The van der Waals surface area contributed by atoms with Gasteiger partial charge < -0.3 is 4.74 Å². The first-order chi connectivity index (χ1) is 9.31. The van der Waals surface area contributed by atoms with Crippen molar-refractivity contribution in [1.82, 2.24) is 4.98 Å². The number of pyridine rings is 1. The number of ether oxygens (including phenoxy) is 1. The topological polar surface area (TPSA) is 51.5 Å². The van der Waals surface area contributed by atoms with Gasteiger partial charge in [0.2, 0.25) is 0 Å². The molecule has 2 rings (SSSR count). The van der Waals surface area contributed by atoms with Crippen LogP contribution in [0.1, 0.15) is 17.2 Å². The molecule has 0 aliphatic heterocycles. The number of carbonyl (C=O) groups is 1. The van der Waals surface area contributed by atoms with Gasteiger partial charge in [-0.25, -0.2) is 4.79 Å². The third-order valence-electron chi connectivity index (χ3n) is 2.60. The fraction of sp³-hybridized carbons (Fsp3) is 0.133. The van der Waals surface area contributed by atoms with Crippen LogP contribution < -0.4 is 0 Å². The van der Waals surface area contributed by atoms with Crippen molar-refractivity contribution in [1.29, 1.82) is 0 Å². The molecule has 2 aromatic rings. The van der Waals surface area contributed by atoms with Crippen LogP contribution in [0.2, 0.25) is 0 Å². The van der Waals surface area contributed by atoms with Gasteiger partial charge in [-0.05, 0) is 11.6 Å². The van der Waals surface area contributed by atoms with E-state index < -0.39 is 6.04 Å². The second-order valence-corrected chi connectivity index (χ2v) is 3.90. The number of carbonyl (C=O) groups excluding carboxylic acids is 1. The predicted molar refractivity (Wildman–Crippen MR) is 73.0 cm³/mol. The zero-order valence-corrected chi connectivity index (χ0v) is 10.6. The molecule has 0 spiro atoms. The monoisotopic (exact) mass is 254 g/mol. The minimum atomic E-state index is -0.647. The van der Waals surface area contributed by atoms with Crippen molar-refractivity contribution >= 4 is 12.2 Å². The fourth-order valence-electron chi connectivity index (χ4n) is 1.64. The molecule has 1 atom stereocenters. The van der Waals surface area contributed by atoms with Gasteiger partial charge in [-0.15, -0.1) is 0 Å². The van der Waals surface area contributed by atoms with Crippen LogP contribution in [0, 0.1) is 0 Å². The molecule has 0 aliphatic carbocycles. The average Bonchev–Trinajstić information content (AvgIpc) is 2.49. The number of methoxy groups -OCH3 is 1. The summed E-state index contributed by atoms with van der Waals surface area (Å²) in [7, 11) is 1.36. The smallest absolute Gasteiger partial charge is 0.335 e. The molecule has 1 aromatic carbocycles. The van der Waals surface area contributed by atoms with Gasteiger partial charge in [0.05, 0.1) is 7.11 Å². The number of aliphatic imine (C=N–C) groups is 1. The summed E-state index contributed by atoms with van der Waals surface area (Å²) in [5, 5.41) is 0. The fourth-order valence-corrected chi connectivity index (χ4v) is 1.64. The summed E-state index contributed by atoms with van der Waals surface area (Å²) in [5.41, 5.74) is 1.64. The maximum Gasteiger partial charge on any atom is 0.335 e. The summed E-state index contributed by atoms with van der Waals surface area (Å²) in [6.45, 7) is 0. The van der Waals surface area contributed by atoms with Crippen molar-refractivity contribution < 1.29 is 9.53 Å². The van der Waals surface area contributed by atoms with E-state index in [4.69, 9.17) is 4.74 Å². The van der Waals surface area contributed by atoms with Crippen molar-refractivity contribution in [3.05, 3.63) is 66.0 Å². The Balaban J connectivity index is 2.25. The van der Waals surface area contributed by atoms with Gasteiger partial charge in [0.15, 0.2) is 6.04 Å². The second kappa shape index (κ2) is 6.44. The highest BCUT2D eigenvalue weighted by atomic mass is 16.5. The molecule has 0 fully saturated rings. The van der Waals surface area contributed by atoms with E-state index in [2.05, 4.69) is 9.98 Å². The van der Waals surface area contributed by atoms with Crippen LogP contribution in [-0.2, 0) is 9.53 Å². The lowest BCUT2D eigenvalue weighted by molar-refractivity contribution is -0.142. The number of hydrogen-bond donors (Lipinski definition) is 0. The van der Waals surface area contributed by atoms with E-state index in [1.165, 1.54) is 7.11 Å². The van der Waals surface area contributed by atoms with Crippen molar-refractivity contribution in [3.8, 4) is 0 Å². The summed E-state index contributed by atoms with van der Waals surface area (Å²) in [6.07, 6.45) is 5.00. The van der Waals surface area contributed by atoms with Gasteiger partial charge in [-0.2, -0.15) is 0 Å². The maximum absolute atomic E-state index is 11.8. The lowest BCUT2D eigenvalue weighted by atomic mass is 10.1. The summed E-state index contributed by atoms with van der Waals surface area (Å²) in [5.74, 6) is -0.383. The van der Waals surface area contributed by atoms with Gasteiger partial charge in [0.1, 0.15) is 0 Å². The Hall–Kier alpha value is -2.49. The number of hydrogen-bond acceptors (Lipinski definition) is 4. The molecule has 4 heteroatoms. The molecular formula is C15H14N2O2. The van der Waals surface area contributed by atoms with Crippen LogP contribution in [-0.4, -0.2) is 24.3 Å². The molecule has 0 radical (unpaired) electrons. The van der Waals surface area contributed by atoms with E-state index in [1.807, 2.05) is 42.5 Å². The van der Waals surface area contributed by atoms with Crippen LogP contribution in [0.25, 0.3) is 0 Å². The molecule has 1 unspecified atom stereocenters. The quantitative estimate of drug-likeness (QED) is 0.622. The normalized spacial score (nSPS) is 12.3. The number of nitrogens with zero attached hydrogens (tertiary/aromatic N) is 2. The Labute approximate surface area is 111 Å². The van der Waals surface area contributed by atoms with E-state index >= 15 is 0 Å². The summed E-state index contributed by atoms with van der Waals surface area (Å²) >= 11 is 0. The Bertz CT molecular complexity index is 553. The highest BCUT2D eigenvalue weighted by Gasteiger charge is 2.19. The van der Waals surface area contributed by atoms with Gasteiger partial charge in [-0.1, -0.05) is 36.4 Å². The lowest BCUT2D eigenvalue weighted by Crippen LogP contribution is -2.12. The summed E-state index contributed by atoms with van der Waals surface area (Å²) in [4.78, 5) is 20.1. The molecular weight excluding hydrogens is 240 g/mol.